The quantitative estimate of drug-likeness (QED) is 0.462. The zero-order valence-electron chi connectivity index (χ0n) is 14.1. The molecule has 2 heterocycles. The van der Waals surface area contributed by atoms with Crippen LogP contribution in [0.15, 0.2) is 0 Å². The average molecular weight is 437 g/mol. The number of aliphatic hydroxyl groups is 2. The van der Waals surface area contributed by atoms with Crippen molar-refractivity contribution in [3.63, 3.8) is 0 Å². The fraction of sp³-hybridized carbons (Fsp3) is 0.941. The monoisotopic (exact) mass is 437 g/mol. The van der Waals surface area contributed by atoms with Crippen molar-refractivity contribution in [2.45, 2.75) is 73.7 Å². The van der Waals surface area contributed by atoms with Crippen LogP contribution >= 0.6 is 22.6 Å². The van der Waals surface area contributed by atoms with E-state index in [2.05, 4.69) is 48.7 Å². The van der Waals surface area contributed by atoms with Crippen LogP contribution in [0.5, 0.6) is 0 Å². The topological polar surface area (TPSA) is 78.8 Å². The van der Waals surface area contributed by atoms with Gasteiger partial charge in [-0.15, -0.1) is 0 Å². The Balaban J connectivity index is 1.97. The van der Waals surface area contributed by atoms with Gasteiger partial charge in [0.05, 0.1) is 23.3 Å². The summed E-state index contributed by atoms with van der Waals surface area (Å²) < 4.78 is 7.02. The molecule has 1 aliphatic carbocycles. The first-order valence-electron chi connectivity index (χ1n) is 8.66. The molecule has 0 aromatic carbocycles. The molecule has 0 aromatic rings. The molecule has 0 radical (unpaired) electrons. The molecule has 23 heavy (non-hydrogen) atoms. The van der Waals surface area contributed by atoms with Gasteiger partial charge in [0.15, 0.2) is 0 Å². The summed E-state index contributed by atoms with van der Waals surface area (Å²) in [5, 5.41) is 23.2. The number of nitrogens with one attached hydrogen (secondary N) is 1. The molecule has 1 amide bonds. The van der Waals surface area contributed by atoms with Crippen molar-refractivity contribution in [1.82, 2.24) is 5.32 Å². The molecule has 1 saturated carbocycles. The highest BCUT2D eigenvalue weighted by molar-refractivity contribution is 14.1. The minimum atomic E-state index is -0.578. The van der Waals surface area contributed by atoms with Gasteiger partial charge in [-0.2, -0.15) is 0 Å². The smallest absolute Gasteiger partial charge is 0.246 e. The van der Waals surface area contributed by atoms with Crippen LogP contribution in [-0.4, -0.2) is 50.0 Å². The molecule has 6 heteroatoms. The second-order valence-corrected chi connectivity index (χ2v) is 9.75. The highest BCUT2D eigenvalue weighted by Gasteiger charge is 2.69. The van der Waals surface area contributed by atoms with E-state index in [0.29, 0.717) is 16.3 Å². The van der Waals surface area contributed by atoms with E-state index in [-0.39, 0.29) is 23.8 Å². The van der Waals surface area contributed by atoms with E-state index in [1.165, 1.54) is 0 Å². The third-order valence-electron chi connectivity index (χ3n) is 6.17. The van der Waals surface area contributed by atoms with Crippen molar-refractivity contribution in [3.8, 4) is 0 Å². The molecule has 0 aromatic heterocycles. The third kappa shape index (κ3) is 2.73. The van der Waals surface area contributed by atoms with Crippen LogP contribution in [0.2, 0.25) is 0 Å². The van der Waals surface area contributed by atoms with Gasteiger partial charge >= 0.3 is 0 Å². The number of amides is 1. The largest absolute Gasteiger partial charge is 0.390 e. The highest BCUT2D eigenvalue weighted by atomic mass is 127. The zero-order valence-corrected chi connectivity index (χ0v) is 16.2. The van der Waals surface area contributed by atoms with Gasteiger partial charge in [0, 0.05) is 16.3 Å². The summed E-state index contributed by atoms with van der Waals surface area (Å²) in [6, 6.07) is -0.146. The molecule has 2 aliphatic heterocycles. The third-order valence-corrected chi connectivity index (χ3v) is 7.63. The Morgan fingerprint density at radius 3 is 2.74 bits per heavy atom. The SMILES string of the molecule is CC(C)CC12CC(NC(=O)CO)C(C)(O1)C1CCC(I)C1C2O. The van der Waals surface area contributed by atoms with E-state index in [9.17, 15) is 9.90 Å². The fourth-order valence-corrected chi connectivity index (χ4v) is 6.65. The maximum atomic E-state index is 11.8. The Hall–Kier alpha value is 0.0800. The van der Waals surface area contributed by atoms with E-state index in [1.807, 2.05) is 0 Å². The molecule has 7 unspecified atom stereocenters. The maximum Gasteiger partial charge on any atom is 0.246 e. The lowest BCUT2D eigenvalue weighted by molar-refractivity contribution is -0.237. The Morgan fingerprint density at radius 1 is 1.43 bits per heavy atom. The second kappa shape index (κ2) is 6.11. The highest BCUT2D eigenvalue weighted by Crippen LogP contribution is 2.61. The number of fused-ring (bicyclic) bond motifs is 4. The molecule has 0 spiro atoms. The summed E-state index contributed by atoms with van der Waals surface area (Å²) >= 11 is 2.47. The lowest BCUT2D eigenvalue weighted by Crippen LogP contribution is -2.61. The first-order chi connectivity index (χ1) is 10.7. The van der Waals surface area contributed by atoms with Gasteiger partial charge in [-0.3, -0.25) is 4.79 Å². The van der Waals surface area contributed by atoms with Crippen molar-refractivity contribution in [2.75, 3.05) is 6.61 Å². The minimum absolute atomic E-state index is 0.146. The minimum Gasteiger partial charge on any atom is -0.390 e. The molecule has 3 rings (SSSR count). The van der Waals surface area contributed by atoms with E-state index < -0.39 is 23.9 Å². The standard InChI is InChI=1S/C17H28INO4/c1-9(2)6-17-7-12(19-13(21)8-20)16(3,23-17)10-4-5-11(18)14(10)15(17)22/h9-12,14-15,20,22H,4-8H2,1-3H3,(H,19,21). The van der Waals surface area contributed by atoms with E-state index >= 15 is 0 Å². The maximum absolute atomic E-state index is 11.8. The van der Waals surface area contributed by atoms with Crippen LogP contribution in [0.3, 0.4) is 0 Å². The van der Waals surface area contributed by atoms with Crippen molar-refractivity contribution >= 4 is 28.5 Å². The molecule has 2 bridgehead atoms. The van der Waals surface area contributed by atoms with Crippen LogP contribution in [0.4, 0.5) is 0 Å². The average Bonchev–Trinajstić information content (AvgIpc) is 2.96. The zero-order chi connectivity index (χ0) is 17.0. The van der Waals surface area contributed by atoms with Crippen molar-refractivity contribution < 1.29 is 19.7 Å². The lowest BCUT2D eigenvalue weighted by atomic mass is 9.72. The predicted molar refractivity (Wildman–Crippen MR) is 95.3 cm³/mol. The number of ether oxygens (including phenoxy) is 1. The number of rotatable bonds is 4. The number of carbonyl (C=O) groups excluding carboxylic acids is 1. The molecule has 2 saturated heterocycles. The number of aliphatic hydroxyl groups excluding tert-OH is 2. The first-order valence-corrected chi connectivity index (χ1v) is 9.90. The molecular weight excluding hydrogens is 409 g/mol. The molecule has 5 nitrogen and oxygen atoms in total. The Kier molecular flexibility index (Phi) is 4.75. The first kappa shape index (κ1) is 17.9. The lowest BCUT2D eigenvalue weighted by Gasteiger charge is -2.51. The van der Waals surface area contributed by atoms with E-state index in [0.717, 1.165) is 19.3 Å². The summed E-state index contributed by atoms with van der Waals surface area (Å²) in [6.07, 6.45) is 3.05. The van der Waals surface area contributed by atoms with Crippen molar-refractivity contribution in [3.05, 3.63) is 0 Å². The molecule has 3 N–H and O–H groups in total. The van der Waals surface area contributed by atoms with Gasteiger partial charge in [0.25, 0.3) is 0 Å². The second-order valence-electron chi connectivity index (χ2n) is 8.15. The summed E-state index contributed by atoms with van der Waals surface area (Å²) in [4.78, 5) is 11.8. The number of hydrogen-bond acceptors (Lipinski definition) is 4. The molecular formula is C17H28INO4. The Morgan fingerprint density at radius 2 is 2.13 bits per heavy atom. The van der Waals surface area contributed by atoms with Gasteiger partial charge in [-0.1, -0.05) is 36.4 Å². The predicted octanol–water partition coefficient (Wildman–Crippen LogP) is 1.63. The van der Waals surface area contributed by atoms with E-state index in [1.54, 1.807) is 0 Å². The van der Waals surface area contributed by atoms with Crippen LogP contribution < -0.4 is 5.32 Å². The van der Waals surface area contributed by atoms with Crippen molar-refractivity contribution in [1.29, 1.82) is 0 Å². The number of carbonyl (C=O) groups is 1. The van der Waals surface area contributed by atoms with Crippen LogP contribution in [-0.2, 0) is 9.53 Å². The summed E-state index contributed by atoms with van der Waals surface area (Å²) in [5.74, 6) is 0.532. The summed E-state index contributed by atoms with van der Waals surface area (Å²) in [6.45, 7) is 5.87. The molecule has 7 atom stereocenters. The Bertz CT molecular complexity index is 487. The van der Waals surface area contributed by atoms with Gasteiger partial charge in [0.1, 0.15) is 6.61 Å². The molecule has 3 fully saturated rings. The van der Waals surface area contributed by atoms with Crippen LogP contribution in [0.1, 0.15) is 46.5 Å². The number of alkyl halides is 1. The molecule has 132 valence electrons. The number of halogens is 1. The molecule has 3 aliphatic rings. The van der Waals surface area contributed by atoms with Crippen LogP contribution in [0.25, 0.3) is 0 Å². The summed E-state index contributed by atoms with van der Waals surface area (Å²) in [5.41, 5.74) is -1.03. The van der Waals surface area contributed by atoms with E-state index in [4.69, 9.17) is 9.84 Å². The van der Waals surface area contributed by atoms with Gasteiger partial charge in [-0.05, 0) is 38.0 Å². The van der Waals surface area contributed by atoms with Gasteiger partial charge in [0.2, 0.25) is 5.91 Å². The van der Waals surface area contributed by atoms with Gasteiger partial charge in [-0.25, -0.2) is 0 Å². The summed E-state index contributed by atoms with van der Waals surface area (Å²) in [7, 11) is 0. The van der Waals surface area contributed by atoms with Crippen molar-refractivity contribution in [2.24, 2.45) is 17.8 Å². The van der Waals surface area contributed by atoms with Gasteiger partial charge < -0.3 is 20.3 Å². The fourth-order valence-electron chi connectivity index (χ4n) is 5.40. The van der Waals surface area contributed by atoms with Crippen LogP contribution in [0, 0.1) is 17.8 Å². The number of hydrogen-bond donors (Lipinski definition) is 3. The normalized spacial score (nSPS) is 48.6. The Labute approximate surface area is 151 Å².